The molecule has 0 fully saturated rings. The van der Waals surface area contributed by atoms with E-state index < -0.39 is 23.3 Å². The maximum absolute atomic E-state index is 12.6. The molecular weight excluding hydrogens is 460 g/mol. The number of H-pyrrole nitrogens is 1. The number of hydrogen-bond acceptors (Lipinski definition) is 8. The second kappa shape index (κ2) is 10.1. The molecule has 4 rings (SSSR count). The van der Waals surface area contributed by atoms with E-state index in [0.717, 1.165) is 22.5 Å². The van der Waals surface area contributed by atoms with Crippen molar-refractivity contribution in [3.8, 4) is 5.75 Å². The number of carbonyl (C=O) groups is 1. The molecule has 10 nitrogen and oxygen atoms in total. The SMILES string of the molecule is CCOC(=O)CSc1nc2c(c(=O)[nH]c(=O)n2C)n1CC(O)COc1cccc2ccccc12. The normalized spacial score (nSPS) is 12.2. The average Bonchev–Trinajstić information content (AvgIpc) is 3.18. The molecular formula is C23H24N4O6S. The van der Waals surface area contributed by atoms with Gasteiger partial charge < -0.3 is 19.1 Å². The molecule has 0 aliphatic rings. The first-order valence-corrected chi connectivity index (χ1v) is 11.6. The minimum atomic E-state index is -1.00. The van der Waals surface area contributed by atoms with Crippen molar-refractivity contribution in [3.05, 3.63) is 63.3 Å². The van der Waals surface area contributed by atoms with Gasteiger partial charge in [-0.3, -0.25) is 19.1 Å². The van der Waals surface area contributed by atoms with Crippen LogP contribution in [-0.4, -0.2) is 55.2 Å². The molecule has 0 saturated carbocycles. The molecule has 0 saturated heterocycles. The van der Waals surface area contributed by atoms with Gasteiger partial charge in [0.15, 0.2) is 16.3 Å². The van der Waals surface area contributed by atoms with Gasteiger partial charge in [0, 0.05) is 12.4 Å². The smallest absolute Gasteiger partial charge is 0.329 e. The molecule has 0 bridgehead atoms. The number of carbonyl (C=O) groups excluding carboxylic acids is 1. The Bertz CT molecular complexity index is 1450. The third-order valence-electron chi connectivity index (χ3n) is 5.17. The molecule has 2 N–H and O–H groups in total. The van der Waals surface area contributed by atoms with E-state index in [-0.39, 0.29) is 36.7 Å². The number of aliphatic hydroxyl groups excluding tert-OH is 1. The topological polar surface area (TPSA) is 128 Å². The Morgan fingerprint density at radius 3 is 2.76 bits per heavy atom. The molecule has 0 amide bonds. The van der Waals surface area contributed by atoms with Gasteiger partial charge in [0.25, 0.3) is 5.56 Å². The summed E-state index contributed by atoms with van der Waals surface area (Å²) in [5, 5.41) is 13.0. The number of rotatable bonds is 9. The number of imidazole rings is 1. The molecule has 178 valence electrons. The van der Waals surface area contributed by atoms with Crippen molar-refractivity contribution in [1.82, 2.24) is 19.1 Å². The van der Waals surface area contributed by atoms with Crippen LogP contribution in [0.3, 0.4) is 0 Å². The lowest BCUT2D eigenvalue weighted by molar-refractivity contribution is -0.139. The summed E-state index contributed by atoms with van der Waals surface area (Å²) in [7, 11) is 1.48. The van der Waals surface area contributed by atoms with E-state index in [9.17, 15) is 19.5 Å². The van der Waals surface area contributed by atoms with Crippen LogP contribution in [0.4, 0.5) is 0 Å². The van der Waals surface area contributed by atoms with Crippen LogP contribution in [0.25, 0.3) is 21.9 Å². The third-order valence-corrected chi connectivity index (χ3v) is 6.12. The number of fused-ring (bicyclic) bond motifs is 2. The zero-order chi connectivity index (χ0) is 24.2. The summed E-state index contributed by atoms with van der Waals surface area (Å²) < 4.78 is 13.5. The number of ether oxygens (including phenoxy) is 2. The Labute approximate surface area is 198 Å². The highest BCUT2D eigenvalue weighted by molar-refractivity contribution is 7.99. The van der Waals surface area contributed by atoms with Crippen LogP contribution in [0.15, 0.2) is 57.2 Å². The van der Waals surface area contributed by atoms with Crippen molar-refractivity contribution in [1.29, 1.82) is 0 Å². The molecule has 1 atom stereocenters. The van der Waals surface area contributed by atoms with Crippen LogP contribution in [0.5, 0.6) is 5.75 Å². The second-order valence-corrected chi connectivity index (χ2v) is 8.47. The molecule has 2 heterocycles. The predicted octanol–water partition coefficient (Wildman–Crippen LogP) is 1.67. The van der Waals surface area contributed by atoms with E-state index in [1.165, 1.54) is 16.2 Å². The number of aliphatic hydroxyl groups is 1. The highest BCUT2D eigenvalue weighted by atomic mass is 32.2. The van der Waals surface area contributed by atoms with Crippen LogP contribution in [-0.2, 0) is 23.1 Å². The average molecular weight is 485 g/mol. The summed E-state index contributed by atoms with van der Waals surface area (Å²) in [4.78, 5) is 43.1. The van der Waals surface area contributed by atoms with Gasteiger partial charge in [0.05, 0.1) is 18.9 Å². The molecule has 11 heteroatoms. The lowest BCUT2D eigenvalue weighted by Crippen LogP contribution is -2.30. The molecule has 2 aromatic heterocycles. The van der Waals surface area contributed by atoms with Crippen LogP contribution in [0.2, 0.25) is 0 Å². The molecule has 4 aromatic rings. The maximum atomic E-state index is 12.6. The van der Waals surface area contributed by atoms with Gasteiger partial charge in [-0.15, -0.1) is 0 Å². The fourth-order valence-corrected chi connectivity index (χ4v) is 4.39. The van der Waals surface area contributed by atoms with Gasteiger partial charge in [-0.2, -0.15) is 0 Å². The highest BCUT2D eigenvalue weighted by Gasteiger charge is 2.21. The number of aromatic nitrogens is 4. The number of hydrogen-bond donors (Lipinski definition) is 2. The van der Waals surface area contributed by atoms with Crippen molar-refractivity contribution in [2.45, 2.75) is 24.7 Å². The number of nitrogens with zero attached hydrogens (tertiary/aromatic N) is 3. The van der Waals surface area contributed by atoms with E-state index in [0.29, 0.717) is 10.9 Å². The number of aryl methyl sites for hydroxylation is 1. The van der Waals surface area contributed by atoms with Crippen LogP contribution < -0.4 is 16.0 Å². The highest BCUT2D eigenvalue weighted by Crippen LogP contribution is 2.26. The molecule has 0 aliphatic heterocycles. The van der Waals surface area contributed by atoms with Gasteiger partial charge >= 0.3 is 11.7 Å². The zero-order valence-corrected chi connectivity index (χ0v) is 19.5. The van der Waals surface area contributed by atoms with E-state index in [4.69, 9.17) is 9.47 Å². The molecule has 0 radical (unpaired) electrons. The van der Waals surface area contributed by atoms with E-state index in [1.54, 1.807) is 6.92 Å². The summed E-state index contributed by atoms with van der Waals surface area (Å²) in [6.07, 6.45) is -1.00. The van der Waals surface area contributed by atoms with Crippen molar-refractivity contribution >= 4 is 39.7 Å². The van der Waals surface area contributed by atoms with Gasteiger partial charge in [-0.05, 0) is 18.4 Å². The van der Waals surface area contributed by atoms with E-state index in [2.05, 4.69) is 9.97 Å². The fourth-order valence-electron chi connectivity index (χ4n) is 3.59. The standard InChI is InChI=1S/C23H24N4O6S/c1-3-32-18(29)13-34-23-24-20-19(21(30)25-22(31)26(20)2)27(23)11-15(28)12-33-17-10-6-8-14-7-4-5-9-16(14)17/h4-10,15,28H,3,11-13H2,1-2H3,(H,25,30,31). The van der Waals surface area contributed by atoms with Crippen molar-refractivity contribution < 1.29 is 19.4 Å². The minimum Gasteiger partial charge on any atom is -0.490 e. The predicted molar refractivity (Wildman–Crippen MR) is 128 cm³/mol. The first-order valence-electron chi connectivity index (χ1n) is 10.7. The van der Waals surface area contributed by atoms with Crippen LogP contribution in [0.1, 0.15) is 6.92 Å². The fraction of sp³-hybridized carbons (Fsp3) is 0.304. The first-order chi connectivity index (χ1) is 16.4. The third kappa shape index (κ3) is 4.85. The Hall–Kier alpha value is -3.57. The van der Waals surface area contributed by atoms with Crippen molar-refractivity contribution in [2.24, 2.45) is 7.05 Å². The molecule has 34 heavy (non-hydrogen) atoms. The summed E-state index contributed by atoms with van der Waals surface area (Å²) in [5.74, 6) is 0.157. The molecule has 0 spiro atoms. The van der Waals surface area contributed by atoms with E-state index in [1.807, 2.05) is 42.5 Å². The van der Waals surface area contributed by atoms with Gasteiger partial charge in [-0.1, -0.05) is 48.2 Å². The Morgan fingerprint density at radius 1 is 1.21 bits per heavy atom. The summed E-state index contributed by atoms with van der Waals surface area (Å²) >= 11 is 1.06. The molecule has 0 aliphatic carbocycles. The van der Waals surface area contributed by atoms with Crippen LogP contribution >= 0.6 is 11.8 Å². The number of benzene rings is 2. The van der Waals surface area contributed by atoms with Gasteiger partial charge in [0.1, 0.15) is 18.5 Å². The van der Waals surface area contributed by atoms with Gasteiger partial charge in [-0.25, -0.2) is 9.78 Å². The number of thioether (sulfide) groups is 1. The Kier molecular flexibility index (Phi) is 7.03. The Balaban J connectivity index is 1.60. The van der Waals surface area contributed by atoms with E-state index >= 15 is 0 Å². The number of esters is 1. The zero-order valence-electron chi connectivity index (χ0n) is 18.7. The summed E-state index contributed by atoms with van der Waals surface area (Å²) in [6.45, 7) is 1.88. The lowest BCUT2D eigenvalue weighted by Gasteiger charge is -2.16. The monoisotopic (exact) mass is 484 g/mol. The molecule has 1 unspecified atom stereocenters. The first kappa shape index (κ1) is 23.6. The largest absolute Gasteiger partial charge is 0.490 e. The Morgan fingerprint density at radius 2 is 1.97 bits per heavy atom. The second-order valence-electron chi connectivity index (χ2n) is 7.53. The quantitative estimate of drug-likeness (QED) is 0.271. The van der Waals surface area contributed by atoms with Gasteiger partial charge in [0.2, 0.25) is 0 Å². The summed E-state index contributed by atoms with van der Waals surface area (Å²) in [6, 6.07) is 13.4. The summed E-state index contributed by atoms with van der Waals surface area (Å²) in [5.41, 5.74) is -0.959. The number of aromatic amines is 1. The minimum absolute atomic E-state index is 0.0340. The van der Waals surface area contributed by atoms with Crippen molar-refractivity contribution in [2.75, 3.05) is 19.0 Å². The van der Waals surface area contributed by atoms with Crippen LogP contribution in [0, 0.1) is 0 Å². The number of nitrogens with one attached hydrogen (secondary N) is 1. The maximum Gasteiger partial charge on any atom is 0.329 e. The molecule has 2 aromatic carbocycles. The van der Waals surface area contributed by atoms with Crippen molar-refractivity contribution in [3.63, 3.8) is 0 Å². The lowest BCUT2D eigenvalue weighted by atomic mass is 10.1.